The van der Waals surface area contributed by atoms with E-state index in [-0.39, 0.29) is 24.2 Å². The van der Waals surface area contributed by atoms with Crippen molar-refractivity contribution in [3.63, 3.8) is 0 Å². The zero-order valence-corrected chi connectivity index (χ0v) is 15.6. The SMILES string of the molecule is CNC(=O)c1ccc(NC(=O)CC(C)C2CCCNC2)cc1Cl.Cl. The summed E-state index contributed by atoms with van der Waals surface area (Å²) >= 11 is 6.09. The van der Waals surface area contributed by atoms with Crippen LogP contribution in [0.4, 0.5) is 5.69 Å². The van der Waals surface area contributed by atoms with Crippen molar-refractivity contribution >= 4 is 41.5 Å². The van der Waals surface area contributed by atoms with Crippen molar-refractivity contribution in [2.24, 2.45) is 11.8 Å². The molecule has 3 N–H and O–H groups in total. The Morgan fingerprint density at radius 1 is 1.42 bits per heavy atom. The molecular formula is C17H25Cl2N3O2. The van der Waals surface area contributed by atoms with Crippen LogP contribution < -0.4 is 16.0 Å². The fourth-order valence-corrected chi connectivity index (χ4v) is 3.21. The molecule has 0 aromatic heterocycles. The highest BCUT2D eigenvalue weighted by Crippen LogP contribution is 2.24. The second-order valence-corrected chi connectivity index (χ2v) is 6.52. The van der Waals surface area contributed by atoms with E-state index >= 15 is 0 Å². The van der Waals surface area contributed by atoms with Gasteiger partial charge >= 0.3 is 0 Å². The summed E-state index contributed by atoms with van der Waals surface area (Å²) in [6.07, 6.45) is 2.84. The summed E-state index contributed by atoms with van der Waals surface area (Å²) in [6.45, 7) is 4.19. The summed E-state index contributed by atoms with van der Waals surface area (Å²) in [5, 5.41) is 9.10. The minimum atomic E-state index is -0.244. The van der Waals surface area contributed by atoms with E-state index in [4.69, 9.17) is 11.6 Å². The number of hydrogen-bond donors (Lipinski definition) is 3. The Kier molecular flexibility index (Phi) is 8.53. The van der Waals surface area contributed by atoms with Crippen molar-refractivity contribution in [1.82, 2.24) is 10.6 Å². The van der Waals surface area contributed by atoms with Crippen LogP contribution in [0.3, 0.4) is 0 Å². The van der Waals surface area contributed by atoms with Crippen LogP contribution in [0.1, 0.15) is 36.5 Å². The fourth-order valence-electron chi connectivity index (χ4n) is 2.95. The molecule has 1 aliphatic heterocycles. The molecule has 2 unspecified atom stereocenters. The molecule has 1 heterocycles. The molecule has 1 fully saturated rings. The molecule has 1 aliphatic rings. The zero-order chi connectivity index (χ0) is 16.8. The molecule has 2 amide bonds. The molecule has 0 spiro atoms. The summed E-state index contributed by atoms with van der Waals surface area (Å²) in [6, 6.07) is 4.92. The molecular weight excluding hydrogens is 349 g/mol. The summed E-state index contributed by atoms with van der Waals surface area (Å²) in [4.78, 5) is 23.8. The second kappa shape index (κ2) is 9.87. The lowest BCUT2D eigenvalue weighted by atomic mass is 9.85. The van der Waals surface area contributed by atoms with Crippen LogP contribution in [0, 0.1) is 11.8 Å². The van der Waals surface area contributed by atoms with Gasteiger partial charge in [0.25, 0.3) is 5.91 Å². The molecule has 7 heteroatoms. The topological polar surface area (TPSA) is 70.2 Å². The standard InChI is InChI=1S/C17H24ClN3O2.ClH/c1-11(12-4-3-7-20-10-12)8-16(22)21-13-5-6-14(15(18)9-13)17(23)19-2;/h5-6,9,11-12,20H,3-4,7-8,10H2,1-2H3,(H,19,23)(H,21,22);1H. The van der Waals surface area contributed by atoms with Gasteiger partial charge in [0.15, 0.2) is 0 Å². The highest BCUT2D eigenvalue weighted by molar-refractivity contribution is 6.34. The first kappa shape index (κ1) is 20.7. The number of halogens is 2. The van der Waals surface area contributed by atoms with Crippen molar-refractivity contribution in [1.29, 1.82) is 0 Å². The Labute approximate surface area is 154 Å². The zero-order valence-electron chi connectivity index (χ0n) is 14.0. The van der Waals surface area contributed by atoms with Crippen LogP contribution in [-0.4, -0.2) is 32.0 Å². The number of carbonyl (C=O) groups is 2. The number of rotatable bonds is 5. The number of carbonyl (C=O) groups excluding carboxylic acids is 2. The van der Waals surface area contributed by atoms with Gasteiger partial charge in [-0.15, -0.1) is 12.4 Å². The average Bonchev–Trinajstić information content (AvgIpc) is 2.55. The minimum absolute atomic E-state index is 0. The second-order valence-electron chi connectivity index (χ2n) is 6.11. The number of nitrogens with one attached hydrogen (secondary N) is 3. The molecule has 134 valence electrons. The smallest absolute Gasteiger partial charge is 0.252 e. The van der Waals surface area contributed by atoms with Crippen LogP contribution in [0.15, 0.2) is 18.2 Å². The molecule has 24 heavy (non-hydrogen) atoms. The maximum atomic E-state index is 12.2. The lowest BCUT2D eigenvalue weighted by Gasteiger charge is -2.28. The molecule has 0 aliphatic carbocycles. The van der Waals surface area contributed by atoms with E-state index in [1.54, 1.807) is 25.2 Å². The number of amides is 2. The Morgan fingerprint density at radius 3 is 2.75 bits per heavy atom. The van der Waals surface area contributed by atoms with E-state index in [1.165, 1.54) is 12.8 Å². The van der Waals surface area contributed by atoms with Crippen LogP contribution >= 0.6 is 24.0 Å². The molecule has 0 radical (unpaired) electrons. The summed E-state index contributed by atoms with van der Waals surface area (Å²) in [5.41, 5.74) is 1.01. The van der Waals surface area contributed by atoms with E-state index < -0.39 is 0 Å². The van der Waals surface area contributed by atoms with Gasteiger partial charge in [-0.1, -0.05) is 18.5 Å². The Bertz CT molecular complexity index is 575. The molecule has 1 aromatic carbocycles. The fraction of sp³-hybridized carbons (Fsp3) is 0.529. The number of benzene rings is 1. The predicted molar refractivity (Wildman–Crippen MR) is 100 cm³/mol. The van der Waals surface area contributed by atoms with Crippen molar-refractivity contribution in [3.05, 3.63) is 28.8 Å². The highest BCUT2D eigenvalue weighted by Gasteiger charge is 2.22. The first-order chi connectivity index (χ1) is 11.0. The molecule has 2 atom stereocenters. The van der Waals surface area contributed by atoms with Crippen LogP contribution in [0.2, 0.25) is 5.02 Å². The molecule has 1 saturated heterocycles. The largest absolute Gasteiger partial charge is 0.355 e. The first-order valence-corrected chi connectivity index (χ1v) is 8.41. The number of piperidine rings is 1. The van der Waals surface area contributed by atoms with Crippen LogP contribution in [-0.2, 0) is 4.79 Å². The maximum Gasteiger partial charge on any atom is 0.252 e. The minimum Gasteiger partial charge on any atom is -0.355 e. The van der Waals surface area contributed by atoms with Gasteiger partial charge in [-0.2, -0.15) is 0 Å². The lowest BCUT2D eigenvalue weighted by Crippen LogP contribution is -2.34. The van der Waals surface area contributed by atoms with Gasteiger partial charge in [0.1, 0.15) is 0 Å². The third kappa shape index (κ3) is 5.65. The first-order valence-electron chi connectivity index (χ1n) is 8.03. The predicted octanol–water partition coefficient (Wildman–Crippen LogP) is 3.09. The van der Waals surface area contributed by atoms with E-state index in [2.05, 4.69) is 22.9 Å². The van der Waals surface area contributed by atoms with E-state index in [9.17, 15) is 9.59 Å². The summed E-state index contributed by atoms with van der Waals surface area (Å²) < 4.78 is 0. The number of hydrogen-bond acceptors (Lipinski definition) is 3. The molecule has 2 rings (SSSR count). The Morgan fingerprint density at radius 2 is 2.17 bits per heavy atom. The van der Waals surface area contributed by atoms with E-state index in [1.807, 2.05) is 0 Å². The molecule has 5 nitrogen and oxygen atoms in total. The van der Waals surface area contributed by atoms with E-state index in [0.29, 0.717) is 34.5 Å². The third-order valence-electron chi connectivity index (χ3n) is 4.37. The average molecular weight is 374 g/mol. The Balaban J connectivity index is 0.00000288. The Hall–Kier alpha value is -1.30. The van der Waals surface area contributed by atoms with Gasteiger partial charge in [0.05, 0.1) is 10.6 Å². The van der Waals surface area contributed by atoms with Crippen LogP contribution in [0.25, 0.3) is 0 Å². The summed E-state index contributed by atoms with van der Waals surface area (Å²) in [5.74, 6) is 0.621. The lowest BCUT2D eigenvalue weighted by molar-refractivity contribution is -0.117. The highest BCUT2D eigenvalue weighted by atomic mass is 35.5. The van der Waals surface area contributed by atoms with Gasteiger partial charge in [0.2, 0.25) is 5.91 Å². The normalized spacial score (nSPS) is 18.2. The van der Waals surface area contributed by atoms with Crippen molar-refractivity contribution in [2.75, 3.05) is 25.5 Å². The molecule has 0 saturated carbocycles. The monoisotopic (exact) mass is 373 g/mol. The van der Waals surface area contributed by atoms with Crippen molar-refractivity contribution in [2.45, 2.75) is 26.2 Å². The molecule has 1 aromatic rings. The molecule has 0 bridgehead atoms. The van der Waals surface area contributed by atoms with E-state index in [0.717, 1.165) is 13.1 Å². The van der Waals surface area contributed by atoms with Gasteiger partial charge in [0, 0.05) is 19.2 Å². The summed E-state index contributed by atoms with van der Waals surface area (Å²) in [7, 11) is 1.55. The quantitative estimate of drug-likeness (QED) is 0.742. The number of anilines is 1. The van der Waals surface area contributed by atoms with Gasteiger partial charge in [-0.25, -0.2) is 0 Å². The van der Waals surface area contributed by atoms with Crippen molar-refractivity contribution < 1.29 is 9.59 Å². The van der Waals surface area contributed by atoms with Gasteiger partial charge in [-0.3, -0.25) is 9.59 Å². The van der Waals surface area contributed by atoms with Gasteiger partial charge < -0.3 is 16.0 Å². The van der Waals surface area contributed by atoms with Gasteiger partial charge in [-0.05, 0) is 56.0 Å². The van der Waals surface area contributed by atoms with Crippen molar-refractivity contribution in [3.8, 4) is 0 Å². The third-order valence-corrected chi connectivity index (χ3v) is 4.68. The van der Waals surface area contributed by atoms with Crippen LogP contribution in [0.5, 0.6) is 0 Å². The maximum absolute atomic E-state index is 12.2.